The number of rotatable bonds is 5. The quantitative estimate of drug-likeness (QED) is 0.686. The van der Waals surface area contributed by atoms with E-state index in [1.165, 1.54) is 4.90 Å². The predicted molar refractivity (Wildman–Crippen MR) is 47.2 cm³/mol. The maximum Gasteiger partial charge on any atom is 0.323 e. The SMILES string of the molecule is CCC(=O)N(CC(=O)O)CC1CC1. The van der Waals surface area contributed by atoms with Crippen LogP contribution in [0.15, 0.2) is 0 Å². The van der Waals surface area contributed by atoms with Crippen LogP contribution in [-0.2, 0) is 9.59 Å². The van der Waals surface area contributed by atoms with Gasteiger partial charge in [-0.3, -0.25) is 9.59 Å². The van der Waals surface area contributed by atoms with Crippen molar-refractivity contribution in [3.63, 3.8) is 0 Å². The van der Waals surface area contributed by atoms with Gasteiger partial charge in [0.25, 0.3) is 0 Å². The standard InChI is InChI=1S/C9H15NO3/c1-2-8(11)10(6-9(12)13)5-7-3-4-7/h7H,2-6H2,1H3,(H,12,13). The molecule has 0 aliphatic heterocycles. The summed E-state index contributed by atoms with van der Waals surface area (Å²) in [4.78, 5) is 23.2. The van der Waals surface area contributed by atoms with Crippen molar-refractivity contribution in [1.29, 1.82) is 0 Å². The maximum absolute atomic E-state index is 11.3. The highest BCUT2D eigenvalue weighted by Crippen LogP contribution is 2.29. The molecule has 1 fully saturated rings. The molecule has 0 aromatic heterocycles. The molecule has 74 valence electrons. The number of amides is 1. The molecule has 0 radical (unpaired) electrons. The zero-order valence-corrected chi connectivity index (χ0v) is 7.82. The van der Waals surface area contributed by atoms with E-state index < -0.39 is 5.97 Å². The van der Waals surface area contributed by atoms with Crippen molar-refractivity contribution < 1.29 is 14.7 Å². The summed E-state index contributed by atoms with van der Waals surface area (Å²) in [5.74, 6) is -0.438. The van der Waals surface area contributed by atoms with Crippen molar-refractivity contribution in [2.75, 3.05) is 13.1 Å². The average molecular weight is 185 g/mol. The van der Waals surface area contributed by atoms with Gasteiger partial charge in [-0.15, -0.1) is 0 Å². The molecule has 0 aromatic rings. The Kier molecular flexibility index (Phi) is 3.28. The smallest absolute Gasteiger partial charge is 0.323 e. The van der Waals surface area contributed by atoms with E-state index >= 15 is 0 Å². The van der Waals surface area contributed by atoms with Crippen LogP contribution in [0.3, 0.4) is 0 Å². The first-order valence-corrected chi connectivity index (χ1v) is 4.63. The van der Waals surface area contributed by atoms with Crippen LogP contribution in [-0.4, -0.2) is 35.0 Å². The van der Waals surface area contributed by atoms with Crippen LogP contribution in [0.2, 0.25) is 0 Å². The number of carbonyl (C=O) groups excluding carboxylic acids is 1. The molecular weight excluding hydrogens is 170 g/mol. The number of hydrogen-bond acceptors (Lipinski definition) is 2. The van der Waals surface area contributed by atoms with E-state index in [4.69, 9.17) is 5.11 Å². The third kappa shape index (κ3) is 3.44. The summed E-state index contributed by atoms with van der Waals surface area (Å²) in [6.45, 7) is 2.23. The Labute approximate surface area is 77.5 Å². The monoisotopic (exact) mass is 185 g/mol. The third-order valence-electron chi connectivity index (χ3n) is 2.16. The Bertz CT molecular complexity index is 211. The molecule has 4 heteroatoms. The lowest BCUT2D eigenvalue weighted by Gasteiger charge is -2.19. The molecule has 1 N–H and O–H groups in total. The third-order valence-corrected chi connectivity index (χ3v) is 2.16. The number of carbonyl (C=O) groups is 2. The Hall–Kier alpha value is -1.06. The first-order chi connectivity index (χ1) is 6.13. The summed E-state index contributed by atoms with van der Waals surface area (Å²) in [6.07, 6.45) is 2.65. The fourth-order valence-corrected chi connectivity index (χ4v) is 1.25. The van der Waals surface area contributed by atoms with Gasteiger partial charge in [-0.25, -0.2) is 0 Å². The molecule has 1 amide bonds. The number of nitrogens with zero attached hydrogens (tertiary/aromatic N) is 1. The van der Waals surface area contributed by atoms with E-state index in [-0.39, 0.29) is 12.5 Å². The van der Waals surface area contributed by atoms with Gasteiger partial charge in [0.15, 0.2) is 0 Å². The van der Waals surface area contributed by atoms with Crippen molar-refractivity contribution in [2.45, 2.75) is 26.2 Å². The molecule has 13 heavy (non-hydrogen) atoms. The molecule has 1 aliphatic rings. The Morgan fingerprint density at radius 2 is 2.08 bits per heavy atom. The fraction of sp³-hybridized carbons (Fsp3) is 0.778. The maximum atomic E-state index is 11.3. The van der Waals surface area contributed by atoms with E-state index in [0.29, 0.717) is 18.9 Å². The number of hydrogen-bond donors (Lipinski definition) is 1. The first kappa shape index (κ1) is 10.0. The number of carboxylic acid groups (broad SMARTS) is 1. The molecule has 0 unspecified atom stereocenters. The van der Waals surface area contributed by atoms with Gasteiger partial charge in [0.2, 0.25) is 5.91 Å². The van der Waals surface area contributed by atoms with Crippen molar-refractivity contribution in [3.8, 4) is 0 Å². The first-order valence-electron chi connectivity index (χ1n) is 4.63. The highest BCUT2D eigenvalue weighted by Gasteiger charge is 2.27. The Morgan fingerprint density at radius 1 is 1.46 bits per heavy atom. The van der Waals surface area contributed by atoms with Gasteiger partial charge in [-0.05, 0) is 18.8 Å². The molecule has 4 nitrogen and oxygen atoms in total. The predicted octanol–water partition coefficient (Wildman–Crippen LogP) is 0.720. The summed E-state index contributed by atoms with van der Waals surface area (Å²) < 4.78 is 0. The average Bonchev–Trinajstić information content (AvgIpc) is 2.85. The largest absolute Gasteiger partial charge is 0.480 e. The van der Waals surface area contributed by atoms with Gasteiger partial charge < -0.3 is 10.0 Å². The minimum absolute atomic E-state index is 0.0608. The van der Waals surface area contributed by atoms with Crippen LogP contribution in [0.5, 0.6) is 0 Å². The second-order valence-electron chi connectivity index (χ2n) is 3.46. The van der Waals surface area contributed by atoms with E-state index in [9.17, 15) is 9.59 Å². The highest BCUT2D eigenvalue weighted by molar-refractivity contribution is 5.81. The molecule has 0 heterocycles. The minimum atomic E-state index is -0.928. The molecule has 0 atom stereocenters. The number of carboxylic acids is 1. The zero-order chi connectivity index (χ0) is 9.84. The van der Waals surface area contributed by atoms with Crippen LogP contribution in [0, 0.1) is 5.92 Å². The topological polar surface area (TPSA) is 57.6 Å². The summed E-state index contributed by atoms with van der Waals surface area (Å²) in [5, 5.41) is 8.57. The molecule has 0 spiro atoms. The van der Waals surface area contributed by atoms with Crippen molar-refractivity contribution in [3.05, 3.63) is 0 Å². The van der Waals surface area contributed by atoms with Crippen molar-refractivity contribution in [1.82, 2.24) is 4.90 Å². The van der Waals surface area contributed by atoms with Gasteiger partial charge in [-0.1, -0.05) is 6.92 Å². The molecule has 0 aromatic carbocycles. The lowest BCUT2D eigenvalue weighted by Crippen LogP contribution is -2.36. The second-order valence-corrected chi connectivity index (χ2v) is 3.46. The van der Waals surface area contributed by atoms with Crippen molar-refractivity contribution in [2.24, 2.45) is 5.92 Å². The molecule has 1 rings (SSSR count). The lowest BCUT2D eigenvalue weighted by atomic mass is 10.3. The summed E-state index contributed by atoms with van der Waals surface area (Å²) >= 11 is 0. The van der Waals surface area contributed by atoms with E-state index in [0.717, 1.165) is 12.8 Å². The van der Waals surface area contributed by atoms with Crippen LogP contribution in [0.1, 0.15) is 26.2 Å². The summed E-state index contributed by atoms with van der Waals surface area (Å²) in [5.41, 5.74) is 0. The molecular formula is C9H15NO3. The van der Waals surface area contributed by atoms with Gasteiger partial charge in [-0.2, -0.15) is 0 Å². The summed E-state index contributed by atoms with van der Waals surface area (Å²) in [7, 11) is 0. The lowest BCUT2D eigenvalue weighted by molar-refractivity contribution is -0.144. The molecule has 0 saturated heterocycles. The van der Waals surface area contributed by atoms with E-state index in [1.807, 2.05) is 0 Å². The van der Waals surface area contributed by atoms with Crippen LogP contribution < -0.4 is 0 Å². The number of aliphatic carboxylic acids is 1. The van der Waals surface area contributed by atoms with Crippen LogP contribution in [0.25, 0.3) is 0 Å². The van der Waals surface area contributed by atoms with E-state index in [2.05, 4.69) is 0 Å². The van der Waals surface area contributed by atoms with Gasteiger partial charge in [0, 0.05) is 13.0 Å². The van der Waals surface area contributed by atoms with Crippen LogP contribution >= 0.6 is 0 Å². The highest BCUT2D eigenvalue weighted by atomic mass is 16.4. The summed E-state index contributed by atoms with van der Waals surface area (Å²) in [6, 6.07) is 0. The van der Waals surface area contributed by atoms with Gasteiger partial charge in [0.1, 0.15) is 6.54 Å². The van der Waals surface area contributed by atoms with Crippen molar-refractivity contribution >= 4 is 11.9 Å². The molecule has 1 saturated carbocycles. The minimum Gasteiger partial charge on any atom is -0.480 e. The molecule has 1 aliphatic carbocycles. The van der Waals surface area contributed by atoms with Crippen LogP contribution in [0.4, 0.5) is 0 Å². The normalized spacial score (nSPS) is 15.5. The Balaban J connectivity index is 2.41. The second kappa shape index (κ2) is 4.25. The zero-order valence-electron chi connectivity index (χ0n) is 7.82. The van der Waals surface area contributed by atoms with Gasteiger partial charge >= 0.3 is 5.97 Å². The Morgan fingerprint density at radius 3 is 2.46 bits per heavy atom. The molecule has 0 bridgehead atoms. The van der Waals surface area contributed by atoms with E-state index in [1.54, 1.807) is 6.92 Å². The fourth-order valence-electron chi connectivity index (χ4n) is 1.25. The van der Waals surface area contributed by atoms with Gasteiger partial charge in [0.05, 0.1) is 0 Å².